The Labute approximate surface area is 278 Å². The predicted octanol–water partition coefficient (Wildman–Crippen LogP) is 5.19. The number of benzene rings is 3. The van der Waals surface area contributed by atoms with Crippen LogP contribution in [-0.2, 0) is 19.2 Å². The molecule has 7 rings (SSSR count). The van der Waals surface area contributed by atoms with E-state index in [0.717, 1.165) is 21.4 Å². The zero-order valence-electron chi connectivity index (χ0n) is 25.5. The third kappa shape index (κ3) is 4.65. The number of aliphatic hydroxyl groups is 1. The molecule has 6 atom stereocenters. The van der Waals surface area contributed by atoms with Gasteiger partial charge < -0.3 is 9.84 Å². The Bertz CT molecular complexity index is 1920. The van der Waals surface area contributed by atoms with E-state index >= 15 is 0 Å². The van der Waals surface area contributed by atoms with Gasteiger partial charge in [-0.1, -0.05) is 35.4 Å². The highest BCUT2D eigenvalue weighted by Gasteiger charge is 2.67. The number of halogens is 2. The number of aliphatic hydroxyl groups excluding tert-OH is 1. The average Bonchev–Trinajstić information content (AvgIpc) is 3.44. The fourth-order valence-corrected chi connectivity index (χ4v) is 8.34. The quantitative estimate of drug-likeness (QED) is 0.156. The van der Waals surface area contributed by atoms with E-state index in [1.807, 2.05) is 6.08 Å². The zero-order valence-corrected chi connectivity index (χ0v) is 26.3. The molecule has 2 aliphatic heterocycles. The van der Waals surface area contributed by atoms with Crippen molar-refractivity contribution in [1.82, 2.24) is 0 Å². The number of imide groups is 2. The van der Waals surface area contributed by atoms with Gasteiger partial charge >= 0.3 is 0 Å². The Morgan fingerprint density at radius 1 is 0.958 bits per heavy atom. The van der Waals surface area contributed by atoms with Crippen LogP contribution < -0.4 is 14.5 Å². The van der Waals surface area contributed by atoms with Gasteiger partial charge in [0.2, 0.25) is 23.6 Å². The second-order valence-corrected chi connectivity index (χ2v) is 13.1. The van der Waals surface area contributed by atoms with Crippen LogP contribution in [0.4, 0.5) is 21.5 Å². The van der Waals surface area contributed by atoms with Gasteiger partial charge in [0.1, 0.15) is 18.2 Å². The number of allylic oxidation sites excluding steroid dienone is 2. The fourth-order valence-electron chi connectivity index (χ4n) is 8.16. The second-order valence-electron chi connectivity index (χ2n) is 12.7. The molecule has 0 aromatic heterocycles. The van der Waals surface area contributed by atoms with Gasteiger partial charge in [-0.05, 0) is 73.7 Å². The summed E-state index contributed by atoms with van der Waals surface area (Å²) in [5.74, 6) is -5.82. The van der Waals surface area contributed by atoms with Gasteiger partial charge in [-0.3, -0.25) is 34.2 Å². The first-order chi connectivity index (χ1) is 23.0. The third-order valence-electron chi connectivity index (χ3n) is 10.3. The lowest BCUT2D eigenvalue weighted by Gasteiger charge is -2.49. The van der Waals surface area contributed by atoms with Crippen LogP contribution in [0.5, 0.6) is 5.75 Å². The summed E-state index contributed by atoms with van der Waals surface area (Å²) in [7, 11) is 0. The number of nitrogens with zero attached hydrogens (tertiary/aromatic N) is 3. The number of hydrogen-bond acceptors (Lipinski definition) is 8. The number of rotatable bonds is 7. The lowest BCUT2D eigenvalue weighted by atomic mass is 9.51. The van der Waals surface area contributed by atoms with Gasteiger partial charge in [-0.15, -0.1) is 0 Å². The number of ether oxygens (including phenoxy) is 1. The molecule has 2 heterocycles. The number of hydrogen-bond donors (Lipinski definition) is 1. The van der Waals surface area contributed by atoms with Crippen molar-refractivity contribution >= 4 is 52.3 Å². The molecule has 1 N–H and O–H groups in total. The van der Waals surface area contributed by atoms with Crippen LogP contribution in [0.3, 0.4) is 0 Å². The van der Waals surface area contributed by atoms with E-state index in [0.29, 0.717) is 11.3 Å². The smallest absolute Gasteiger partial charge is 0.269 e. The number of nitro groups is 1. The van der Waals surface area contributed by atoms with Crippen molar-refractivity contribution in [3.63, 3.8) is 0 Å². The molecule has 3 aromatic rings. The molecule has 11 nitrogen and oxygen atoms in total. The van der Waals surface area contributed by atoms with E-state index < -0.39 is 69.4 Å². The summed E-state index contributed by atoms with van der Waals surface area (Å²) in [4.78, 5) is 69.5. The first-order valence-corrected chi connectivity index (χ1v) is 15.8. The fraction of sp³-hybridized carbons (Fsp3) is 0.314. The molecule has 246 valence electrons. The molecule has 3 aromatic carbocycles. The number of non-ortho nitro benzene ring substituents is 1. The lowest BCUT2D eigenvalue weighted by molar-refractivity contribution is -0.384. The minimum absolute atomic E-state index is 0.0858. The normalized spacial score (nSPS) is 27.8. The molecule has 3 fully saturated rings. The summed E-state index contributed by atoms with van der Waals surface area (Å²) < 4.78 is 19.6. The summed E-state index contributed by atoms with van der Waals surface area (Å²) in [5.41, 5.74) is 0.309. The Balaban J connectivity index is 1.32. The minimum Gasteiger partial charge on any atom is -0.491 e. The molecule has 0 unspecified atom stereocenters. The number of carbonyl (C=O) groups is 4. The van der Waals surface area contributed by atoms with E-state index in [1.54, 1.807) is 31.2 Å². The predicted molar refractivity (Wildman–Crippen MR) is 171 cm³/mol. The highest BCUT2D eigenvalue weighted by Crippen LogP contribution is 2.63. The molecule has 0 spiro atoms. The van der Waals surface area contributed by atoms with E-state index in [-0.39, 0.29) is 48.1 Å². The Morgan fingerprint density at radius 3 is 2.29 bits per heavy atom. The van der Waals surface area contributed by atoms with E-state index in [4.69, 9.17) is 16.3 Å². The molecule has 0 radical (unpaired) electrons. The number of nitro benzene ring substituents is 1. The van der Waals surface area contributed by atoms with Crippen LogP contribution in [-0.4, -0.2) is 46.9 Å². The molecule has 48 heavy (non-hydrogen) atoms. The van der Waals surface area contributed by atoms with Gasteiger partial charge in [0.25, 0.3) is 5.69 Å². The highest BCUT2D eigenvalue weighted by molar-refractivity contribution is 6.32. The Hall–Kier alpha value is -4.94. The number of fused-ring (bicyclic) bond motifs is 4. The molecule has 13 heteroatoms. The van der Waals surface area contributed by atoms with Crippen molar-refractivity contribution in [3.8, 4) is 5.75 Å². The van der Waals surface area contributed by atoms with E-state index in [1.165, 1.54) is 36.4 Å². The maximum absolute atomic E-state index is 14.5. The first-order valence-electron chi connectivity index (χ1n) is 15.5. The van der Waals surface area contributed by atoms with E-state index in [2.05, 4.69) is 0 Å². The van der Waals surface area contributed by atoms with Crippen molar-refractivity contribution in [2.45, 2.75) is 25.7 Å². The monoisotopic (exact) mass is 673 g/mol. The number of amides is 4. The van der Waals surface area contributed by atoms with Crippen molar-refractivity contribution in [2.24, 2.45) is 29.1 Å². The maximum atomic E-state index is 14.5. The summed E-state index contributed by atoms with van der Waals surface area (Å²) in [6, 6.07) is 15.8. The average molecular weight is 674 g/mol. The first kappa shape index (κ1) is 31.6. The van der Waals surface area contributed by atoms with Crippen LogP contribution >= 0.6 is 11.6 Å². The number of carbonyl (C=O) groups excluding carboxylic acids is 4. The zero-order chi connectivity index (χ0) is 34.1. The second kappa shape index (κ2) is 11.6. The lowest BCUT2D eigenvalue weighted by Crippen LogP contribution is -2.48. The molecule has 4 aliphatic rings. The van der Waals surface area contributed by atoms with Gasteiger partial charge in [-0.25, -0.2) is 9.29 Å². The molecule has 2 saturated heterocycles. The summed E-state index contributed by atoms with van der Waals surface area (Å²) in [6.07, 6.45) is 2.24. The van der Waals surface area contributed by atoms with Crippen LogP contribution in [0.25, 0.3) is 0 Å². The largest absolute Gasteiger partial charge is 0.491 e. The highest BCUT2D eigenvalue weighted by atomic mass is 35.5. The van der Waals surface area contributed by atoms with Gasteiger partial charge in [-0.2, -0.15) is 0 Å². The van der Waals surface area contributed by atoms with E-state index in [9.17, 15) is 38.8 Å². The van der Waals surface area contributed by atoms with Gasteiger partial charge in [0.15, 0.2) is 0 Å². The minimum atomic E-state index is -1.32. The third-order valence-corrected chi connectivity index (χ3v) is 10.6. The molecular weight excluding hydrogens is 645 g/mol. The molecular formula is C35H29ClFN3O8. The van der Waals surface area contributed by atoms with Gasteiger partial charge in [0, 0.05) is 18.1 Å². The topological polar surface area (TPSA) is 147 Å². The summed E-state index contributed by atoms with van der Waals surface area (Å²) in [6.45, 7) is 1.64. The van der Waals surface area contributed by atoms with Crippen molar-refractivity contribution in [1.29, 1.82) is 0 Å². The Kier molecular flexibility index (Phi) is 7.67. The van der Waals surface area contributed by atoms with Crippen molar-refractivity contribution < 1.29 is 38.3 Å². The standard InChI is InChI=1S/C35H29ClFN3O8/c1-35-26(32(43)39(34(35)45)21-8-13-28(37)27(36)16-21)17-25-23(30(35)18-2-9-22(10-3-18)48-15-14-41)11-12-24-29(25)33(44)38(31(24)42)19-4-6-20(7-5-19)40(46)47/h2-11,13,16,24-26,29-30,41H,12,14-15,17H2,1H3/t24-,25+,26-,29-,30-,35+/m0/s1. The van der Waals surface area contributed by atoms with Crippen LogP contribution in [0, 0.1) is 45.0 Å². The maximum Gasteiger partial charge on any atom is 0.269 e. The van der Waals surface area contributed by atoms with Crippen LogP contribution in [0.2, 0.25) is 5.02 Å². The van der Waals surface area contributed by atoms with Gasteiger partial charge in [0.05, 0.1) is 51.1 Å². The summed E-state index contributed by atoms with van der Waals surface area (Å²) >= 11 is 6.06. The van der Waals surface area contributed by atoms with Crippen molar-refractivity contribution in [3.05, 3.63) is 105 Å². The molecule has 4 amide bonds. The van der Waals surface area contributed by atoms with Crippen LogP contribution in [0.15, 0.2) is 78.4 Å². The van der Waals surface area contributed by atoms with Crippen LogP contribution in [0.1, 0.15) is 31.2 Å². The molecule has 2 aliphatic carbocycles. The molecule has 0 bridgehead atoms. The Morgan fingerprint density at radius 2 is 1.65 bits per heavy atom. The molecule has 1 saturated carbocycles. The number of anilines is 2. The van der Waals surface area contributed by atoms with Crippen molar-refractivity contribution in [2.75, 3.05) is 23.0 Å². The SMILES string of the molecule is C[C@@]12C(=O)N(c3ccc(F)c(Cl)c3)C(=O)[C@@H]1C[C@@H]1C(=CC[C@@H]3C(=O)N(c4ccc([N+](=O)[O-])cc4)C(=O)[C@@H]31)[C@@H]2c1ccc(OCCO)cc1. The summed E-state index contributed by atoms with van der Waals surface area (Å²) in [5, 5.41) is 20.1.